The van der Waals surface area contributed by atoms with Gasteiger partial charge < -0.3 is 10.3 Å². The minimum absolute atomic E-state index is 0.626. The van der Waals surface area contributed by atoms with Crippen LogP contribution in [0.2, 0.25) is 5.02 Å². The molecule has 3 rings (SSSR count). The Morgan fingerprint density at radius 3 is 2.55 bits per heavy atom. The van der Waals surface area contributed by atoms with Gasteiger partial charge in [-0.25, -0.2) is 0 Å². The Morgan fingerprint density at radius 2 is 1.85 bits per heavy atom. The van der Waals surface area contributed by atoms with Gasteiger partial charge in [0.1, 0.15) is 0 Å². The van der Waals surface area contributed by atoms with Crippen molar-refractivity contribution in [3.63, 3.8) is 0 Å². The molecular formula is C17H17ClN2. The molecule has 0 spiro atoms. The Labute approximate surface area is 123 Å². The van der Waals surface area contributed by atoms with Gasteiger partial charge in [0.15, 0.2) is 0 Å². The number of rotatable bonds is 3. The lowest BCUT2D eigenvalue weighted by Crippen LogP contribution is -2.10. The fourth-order valence-corrected chi connectivity index (χ4v) is 3.01. The van der Waals surface area contributed by atoms with E-state index >= 15 is 0 Å². The standard InChI is InChI=1S/C17H17ClN2/c1-12-17(13-5-3-2-4-6-13)15-11-14(18)7-8-16(15)20(12)10-9-19/h2-8,11H,9-10,19H2,1H3. The summed E-state index contributed by atoms with van der Waals surface area (Å²) in [6.45, 7) is 3.59. The number of hydrogen-bond acceptors (Lipinski definition) is 1. The summed E-state index contributed by atoms with van der Waals surface area (Å²) in [4.78, 5) is 0. The second-order valence-electron chi connectivity index (χ2n) is 4.93. The third-order valence-corrected chi connectivity index (χ3v) is 3.94. The second kappa shape index (κ2) is 5.31. The second-order valence-corrected chi connectivity index (χ2v) is 5.36. The molecule has 0 aliphatic heterocycles. The van der Waals surface area contributed by atoms with Crippen LogP contribution in [0.5, 0.6) is 0 Å². The van der Waals surface area contributed by atoms with Crippen LogP contribution in [-0.2, 0) is 6.54 Å². The lowest BCUT2D eigenvalue weighted by atomic mass is 10.0. The third kappa shape index (κ3) is 2.11. The molecule has 0 saturated heterocycles. The fourth-order valence-electron chi connectivity index (χ4n) is 2.84. The lowest BCUT2D eigenvalue weighted by Gasteiger charge is -2.06. The monoisotopic (exact) mass is 284 g/mol. The minimum Gasteiger partial charge on any atom is -0.343 e. The SMILES string of the molecule is Cc1c(-c2ccccc2)c2cc(Cl)ccc2n1CCN. The molecule has 1 aromatic heterocycles. The van der Waals surface area contributed by atoms with Crippen molar-refractivity contribution < 1.29 is 0 Å². The normalized spacial score (nSPS) is 11.2. The molecule has 20 heavy (non-hydrogen) atoms. The number of aromatic nitrogens is 1. The molecule has 2 nitrogen and oxygen atoms in total. The zero-order valence-electron chi connectivity index (χ0n) is 11.4. The average Bonchev–Trinajstić information content (AvgIpc) is 2.72. The van der Waals surface area contributed by atoms with E-state index in [0.29, 0.717) is 6.54 Å². The average molecular weight is 285 g/mol. The molecule has 0 bridgehead atoms. The molecular weight excluding hydrogens is 268 g/mol. The van der Waals surface area contributed by atoms with Crippen LogP contribution in [0.15, 0.2) is 48.5 Å². The van der Waals surface area contributed by atoms with Gasteiger partial charge in [0, 0.05) is 40.3 Å². The molecule has 0 aliphatic carbocycles. The fraction of sp³-hybridized carbons (Fsp3) is 0.176. The van der Waals surface area contributed by atoms with Gasteiger partial charge in [-0.3, -0.25) is 0 Å². The van der Waals surface area contributed by atoms with Gasteiger partial charge in [-0.05, 0) is 30.7 Å². The van der Waals surface area contributed by atoms with Gasteiger partial charge in [-0.15, -0.1) is 0 Å². The number of nitrogens with two attached hydrogens (primary N) is 1. The van der Waals surface area contributed by atoms with E-state index in [2.05, 4.69) is 41.8 Å². The molecule has 0 aliphatic rings. The zero-order chi connectivity index (χ0) is 14.1. The van der Waals surface area contributed by atoms with E-state index in [1.807, 2.05) is 18.2 Å². The van der Waals surface area contributed by atoms with E-state index in [0.717, 1.165) is 11.6 Å². The smallest absolute Gasteiger partial charge is 0.0490 e. The van der Waals surface area contributed by atoms with Gasteiger partial charge in [0.2, 0.25) is 0 Å². The molecule has 0 fully saturated rings. The van der Waals surface area contributed by atoms with Crippen LogP contribution >= 0.6 is 11.6 Å². The Morgan fingerprint density at radius 1 is 1.10 bits per heavy atom. The number of benzene rings is 2. The van der Waals surface area contributed by atoms with Gasteiger partial charge in [-0.2, -0.15) is 0 Å². The van der Waals surface area contributed by atoms with Gasteiger partial charge in [0.05, 0.1) is 0 Å². The van der Waals surface area contributed by atoms with Gasteiger partial charge >= 0.3 is 0 Å². The summed E-state index contributed by atoms with van der Waals surface area (Å²) in [6.07, 6.45) is 0. The van der Waals surface area contributed by atoms with Gasteiger partial charge in [0.25, 0.3) is 0 Å². The third-order valence-electron chi connectivity index (χ3n) is 3.70. The largest absolute Gasteiger partial charge is 0.343 e. The summed E-state index contributed by atoms with van der Waals surface area (Å²) in [6, 6.07) is 16.5. The van der Waals surface area contributed by atoms with Crippen LogP contribution in [0, 0.1) is 6.92 Å². The first-order valence-electron chi connectivity index (χ1n) is 6.76. The van der Waals surface area contributed by atoms with E-state index in [1.54, 1.807) is 0 Å². The van der Waals surface area contributed by atoms with Crippen molar-refractivity contribution in [2.75, 3.05) is 6.54 Å². The summed E-state index contributed by atoms with van der Waals surface area (Å²) in [5, 5.41) is 1.95. The molecule has 1 heterocycles. The van der Waals surface area contributed by atoms with Crippen LogP contribution in [0.3, 0.4) is 0 Å². The van der Waals surface area contributed by atoms with E-state index in [9.17, 15) is 0 Å². The van der Waals surface area contributed by atoms with E-state index in [4.69, 9.17) is 17.3 Å². The topological polar surface area (TPSA) is 30.9 Å². The van der Waals surface area contributed by atoms with Crippen LogP contribution in [0.25, 0.3) is 22.0 Å². The Bertz CT molecular complexity index is 745. The predicted molar refractivity (Wildman–Crippen MR) is 86.2 cm³/mol. The number of halogens is 1. The van der Waals surface area contributed by atoms with Crippen molar-refractivity contribution in [1.29, 1.82) is 0 Å². The van der Waals surface area contributed by atoms with Crippen LogP contribution in [0.4, 0.5) is 0 Å². The van der Waals surface area contributed by atoms with Crippen molar-refractivity contribution in [1.82, 2.24) is 4.57 Å². The first-order valence-corrected chi connectivity index (χ1v) is 7.14. The first kappa shape index (κ1) is 13.2. The van der Waals surface area contributed by atoms with E-state index < -0.39 is 0 Å². The van der Waals surface area contributed by atoms with E-state index in [1.165, 1.54) is 27.7 Å². The number of hydrogen-bond donors (Lipinski definition) is 1. The highest BCUT2D eigenvalue weighted by Crippen LogP contribution is 2.35. The first-order chi connectivity index (χ1) is 9.72. The zero-order valence-corrected chi connectivity index (χ0v) is 12.2. The summed E-state index contributed by atoms with van der Waals surface area (Å²) < 4.78 is 2.27. The Kier molecular flexibility index (Phi) is 3.51. The number of fused-ring (bicyclic) bond motifs is 1. The summed E-state index contributed by atoms with van der Waals surface area (Å²) >= 11 is 6.18. The van der Waals surface area contributed by atoms with Crippen molar-refractivity contribution in [3.8, 4) is 11.1 Å². The molecule has 0 unspecified atom stereocenters. The molecule has 0 saturated carbocycles. The van der Waals surface area contributed by atoms with Crippen molar-refractivity contribution in [3.05, 3.63) is 59.2 Å². The lowest BCUT2D eigenvalue weighted by molar-refractivity contribution is 0.716. The molecule has 2 N–H and O–H groups in total. The maximum Gasteiger partial charge on any atom is 0.0490 e. The molecule has 3 aromatic rings. The maximum atomic E-state index is 6.18. The van der Waals surface area contributed by atoms with Crippen molar-refractivity contribution in [2.45, 2.75) is 13.5 Å². The molecule has 2 aromatic carbocycles. The highest BCUT2D eigenvalue weighted by Gasteiger charge is 2.15. The van der Waals surface area contributed by atoms with Crippen LogP contribution in [0.1, 0.15) is 5.69 Å². The van der Waals surface area contributed by atoms with Gasteiger partial charge in [-0.1, -0.05) is 41.9 Å². The van der Waals surface area contributed by atoms with Crippen LogP contribution < -0.4 is 5.73 Å². The van der Waals surface area contributed by atoms with Crippen LogP contribution in [-0.4, -0.2) is 11.1 Å². The molecule has 3 heteroatoms. The summed E-state index contributed by atoms with van der Waals surface area (Å²) in [5.41, 5.74) is 10.6. The summed E-state index contributed by atoms with van der Waals surface area (Å²) in [5.74, 6) is 0. The quantitative estimate of drug-likeness (QED) is 0.767. The molecule has 102 valence electrons. The maximum absolute atomic E-state index is 6.18. The molecule has 0 radical (unpaired) electrons. The minimum atomic E-state index is 0.626. The Balaban J connectivity index is 2.35. The van der Waals surface area contributed by atoms with E-state index in [-0.39, 0.29) is 0 Å². The predicted octanol–water partition coefficient (Wildman–Crippen LogP) is 4.23. The van der Waals surface area contributed by atoms with Crippen molar-refractivity contribution in [2.24, 2.45) is 5.73 Å². The summed E-state index contributed by atoms with van der Waals surface area (Å²) in [7, 11) is 0. The molecule has 0 amide bonds. The van der Waals surface area contributed by atoms with Crippen molar-refractivity contribution >= 4 is 22.5 Å². The number of nitrogens with zero attached hydrogens (tertiary/aromatic N) is 1. The molecule has 0 atom stereocenters. The Hall–Kier alpha value is -1.77. The highest BCUT2D eigenvalue weighted by atomic mass is 35.5. The highest BCUT2D eigenvalue weighted by molar-refractivity contribution is 6.31.